The van der Waals surface area contributed by atoms with E-state index < -0.39 is 0 Å². The summed E-state index contributed by atoms with van der Waals surface area (Å²) in [6, 6.07) is 2.10. The van der Waals surface area contributed by atoms with Gasteiger partial charge in [-0.3, -0.25) is 4.90 Å². The van der Waals surface area contributed by atoms with Crippen molar-refractivity contribution in [3.05, 3.63) is 17.3 Å². The topological polar surface area (TPSA) is 41.1 Å². The minimum Gasteiger partial charge on any atom is -0.370 e. The van der Waals surface area contributed by atoms with Crippen molar-refractivity contribution in [3.63, 3.8) is 0 Å². The van der Waals surface area contributed by atoms with Crippen molar-refractivity contribution >= 4 is 27.4 Å². The van der Waals surface area contributed by atoms with Gasteiger partial charge in [0, 0.05) is 6.54 Å². The van der Waals surface area contributed by atoms with Crippen molar-refractivity contribution < 1.29 is 0 Å². The summed E-state index contributed by atoms with van der Waals surface area (Å²) in [7, 11) is 0. The molecule has 0 bridgehead atoms. The van der Waals surface area contributed by atoms with Crippen LogP contribution in [-0.2, 0) is 6.54 Å². The number of thiophene rings is 1. The van der Waals surface area contributed by atoms with E-state index in [2.05, 4.69) is 42.4 Å². The first-order chi connectivity index (χ1) is 10.1. The minimum absolute atomic E-state index is 0.490. The molecule has 21 heavy (non-hydrogen) atoms. The smallest absolute Gasteiger partial charge is 0.146 e. The molecule has 0 amide bonds. The number of fused-ring (bicyclic) bond motifs is 1. The predicted molar refractivity (Wildman–Crippen MR) is 89.9 cm³/mol. The monoisotopic (exact) mass is 304 g/mol. The van der Waals surface area contributed by atoms with Crippen LogP contribution in [0.15, 0.2) is 11.4 Å². The highest BCUT2D eigenvalue weighted by Gasteiger charge is 2.25. The molecule has 0 atom stereocenters. The molecule has 1 fully saturated rings. The molecule has 2 aromatic rings. The van der Waals surface area contributed by atoms with Gasteiger partial charge in [0.15, 0.2) is 0 Å². The van der Waals surface area contributed by atoms with Crippen LogP contribution >= 0.6 is 11.3 Å². The number of nitrogens with one attached hydrogen (secondary N) is 1. The van der Waals surface area contributed by atoms with Crippen LogP contribution in [0.2, 0.25) is 0 Å². The average Bonchev–Trinajstić information content (AvgIpc) is 2.90. The molecular weight excluding hydrogens is 280 g/mol. The number of hydrogen-bond acceptors (Lipinski definition) is 5. The van der Waals surface area contributed by atoms with Crippen molar-refractivity contribution in [2.75, 3.05) is 25.0 Å². The van der Waals surface area contributed by atoms with E-state index in [1.165, 1.54) is 12.8 Å². The van der Waals surface area contributed by atoms with Gasteiger partial charge in [0.05, 0.1) is 11.9 Å². The summed E-state index contributed by atoms with van der Waals surface area (Å²) in [5, 5.41) is 6.60. The second kappa shape index (κ2) is 5.89. The van der Waals surface area contributed by atoms with Gasteiger partial charge in [0.1, 0.15) is 16.5 Å². The highest BCUT2D eigenvalue weighted by Crippen LogP contribution is 2.30. The maximum absolute atomic E-state index is 4.74. The average molecular weight is 304 g/mol. The Kier molecular flexibility index (Phi) is 4.13. The predicted octanol–water partition coefficient (Wildman–Crippen LogP) is 3.75. The summed E-state index contributed by atoms with van der Waals surface area (Å²) in [6.45, 7) is 10.9. The van der Waals surface area contributed by atoms with Crippen molar-refractivity contribution in [1.29, 1.82) is 0 Å². The lowest BCUT2D eigenvalue weighted by Gasteiger charge is -2.36. The van der Waals surface area contributed by atoms with Gasteiger partial charge >= 0.3 is 0 Å². The highest BCUT2D eigenvalue weighted by molar-refractivity contribution is 7.16. The Morgan fingerprint density at radius 1 is 1.29 bits per heavy atom. The molecule has 1 aliphatic rings. The van der Waals surface area contributed by atoms with Crippen LogP contribution in [-0.4, -0.2) is 34.5 Å². The van der Waals surface area contributed by atoms with Gasteiger partial charge in [0.25, 0.3) is 0 Å². The molecule has 2 aromatic heterocycles. The van der Waals surface area contributed by atoms with Crippen LogP contribution in [0.4, 0.5) is 5.82 Å². The third-order valence-electron chi connectivity index (χ3n) is 4.29. The molecule has 3 rings (SSSR count). The molecule has 114 valence electrons. The number of hydrogen-bond donors (Lipinski definition) is 1. The van der Waals surface area contributed by atoms with E-state index in [0.717, 1.165) is 48.0 Å². The number of aromatic nitrogens is 2. The van der Waals surface area contributed by atoms with Gasteiger partial charge in [-0.05, 0) is 49.7 Å². The second-order valence-corrected chi connectivity index (χ2v) is 7.49. The molecule has 3 heterocycles. The van der Waals surface area contributed by atoms with Crippen molar-refractivity contribution in [2.45, 2.75) is 40.2 Å². The van der Waals surface area contributed by atoms with Crippen LogP contribution in [0.25, 0.3) is 10.2 Å². The van der Waals surface area contributed by atoms with Gasteiger partial charge in [-0.1, -0.05) is 13.8 Å². The van der Waals surface area contributed by atoms with E-state index in [0.29, 0.717) is 5.41 Å². The van der Waals surface area contributed by atoms with E-state index in [9.17, 15) is 0 Å². The van der Waals surface area contributed by atoms with Crippen LogP contribution in [0.1, 0.15) is 39.4 Å². The van der Waals surface area contributed by atoms with Gasteiger partial charge in [-0.2, -0.15) is 0 Å². The Hall–Kier alpha value is -1.20. The Morgan fingerprint density at radius 3 is 2.76 bits per heavy atom. The van der Waals surface area contributed by atoms with Gasteiger partial charge in [0.2, 0.25) is 0 Å². The molecule has 4 nitrogen and oxygen atoms in total. The van der Waals surface area contributed by atoms with Crippen LogP contribution in [0, 0.1) is 5.41 Å². The molecular formula is C16H24N4S. The Morgan fingerprint density at radius 2 is 2.05 bits per heavy atom. The normalized spacial score (nSPS) is 19.0. The van der Waals surface area contributed by atoms with E-state index in [4.69, 9.17) is 9.97 Å². The lowest BCUT2D eigenvalue weighted by Crippen LogP contribution is -2.37. The summed E-state index contributed by atoms with van der Waals surface area (Å²) in [4.78, 5) is 13.0. The molecule has 0 unspecified atom stereocenters. The molecule has 0 aromatic carbocycles. The summed E-state index contributed by atoms with van der Waals surface area (Å²) in [5.74, 6) is 1.93. The molecule has 1 saturated heterocycles. The lowest BCUT2D eigenvalue weighted by atomic mass is 9.83. The first kappa shape index (κ1) is 14.7. The third kappa shape index (κ3) is 3.35. The lowest BCUT2D eigenvalue weighted by molar-refractivity contribution is 0.125. The van der Waals surface area contributed by atoms with Crippen molar-refractivity contribution in [3.8, 4) is 0 Å². The fourth-order valence-electron chi connectivity index (χ4n) is 2.79. The molecule has 1 N–H and O–H groups in total. The molecule has 1 aliphatic heterocycles. The molecule has 5 heteroatoms. The quantitative estimate of drug-likeness (QED) is 0.934. The first-order valence-electron chi connectivity index (χ1n) is 7.78. The Bertz CT molecular complexity index is 610. The highest BCUT2D eigenvalue weighted by atomic mass is 32.1. The second-order valence-electron chi connectivity index (χ2n) is 6.60. The van der Waals surface area contributed by atoms with Crippen LogP contribution in [0.5, 0.6) is 0 Å². The fourth-order valence-corrected chi connectivity index (χ4v) is 3.57. The number of piperidine rings is 1. The Balaban J connectivity index is 1.78. The fraction of sp³-hybridized carbons (Fsp3) is 0.625. The summed E-state index contributed by atoms with van der Waals surface area (Å²) < 4.78 is 0. The van der Waals surface area contributed by atoms with E-state index in [1.54, 1.807) is 11.3 Å². The Labute approximate surface area is 130 Å². The number of rotatable bonds is 4. The van der Waals surface area contributed by atoms with Gasteiger partial charge < -0.3 is 5.32 Å². The molecule has 0 aliphatic carbocycles. The van der Waals surface area contributed by atoms with E-state index in [1.807, 2.05) is 0 Å². The molecule has 0 radical (unpaired) electrons. The van der Waals surface area contributed by atoms with Gasteiger partial charge in [-0.25, -0.2) is 9.97 Å². The maximum atomic E-state index is 4.74. The van der Waals surface area contributed by atoms with Crippen LogP contribution < -0.4 is 5.32 Å². The zero-order chi connectivity index (χ0) is 14.9. The number of anilines is 1. The third-order valence-corrected chi connectivity index (χ3v) is 5.10. The van der Waals surface area contributed by atoms with E-state index >= 15 is 0 Å². The van der Waals surface area contributed by atoms with Crippen LogP contribution in [0.3, 0.4) is 0 Å². The van der Waals surface area contributed by atoms with Gasteiger partial charge in [-0.15, -0.1) is 11.3 Å². The molecule has 0 spiro atoms. The molecule has 0 saturated carbocycles. The standard InChI is InChI=1S/C16H24N4S/c1-4-17-14-12-5-10-21-15(12)19-13(18-14)11-20-8-6-16(2,3)7-9-20/h5,10H,4,6-9,11H2,1-3H3,(H,17,18,19). The summed E-state index contributed by atoms with van der Waals surface area (Å²) >= 11 is 1.69. The SMILES string of the molecule is CCNc1nc(CN2CCC(C)(C)CC2)nc2sccc12. The minimum atomic E-state index is 0.490. The van der Waals surface area contributed by atoms with Crippen molar-refractivity contribution in [1.82, 2.24) is 14.9 Å². The first-order valence-corrected chi connectivity index (χ1v) is 8.66. The van der Waals surface area contributed by atoms with Crippen molar-refractivity contribution in [2.24, 2.45) is 5.41 Å². The zero-order valence-corrected chi connectivity index (χ0v) is 14.0. The summed E-state index contributed by atoms with van der Waals surface area (Å²) in [5.41, 5.74) is 0.490. The number of nitrogens with zero attached hydrogens (tertiary/aromatic N) is 3. The largest absolute Gasteiger partial charge is 0.370 e. The van der Waals surface area contributed by atoms with E-state index in [-0.39, 0.29) is 0 Å². The zero-order valence-electron chi connectivity index (χ0n) is 13.1. The summed E-state index contributed by atoms with van der Waals surface area (Å²) in [6.07, 6.45) is 2.52. The number of likely N-dealkylation sites (tertiary alicyclic amines) is 1. The maximum Gasteiger partial charge on any atom is 0.146 e.